The number of nitrogens with zero attached hydrogens (tertiary/aromatic N) is 1. The van der Waals surface area contributed by atoms with Crippen LogP contribution in [0.15, 0.2) is 10.5 Å². The molecule has 0 amide bonds. The SMILES string of the molecule is CN1Cc2cc(C=O)oc2C1. The molecule has 0 aliphatic carbocycles. The summed E-state index contributed by atoms with van der Waals surface area (Å²) in [5, 5.41) is 0. The molecule has 0 atom stereocenters. The smallest absolute Gasteiger partial charge is 0.185 e. The van der Waals surface area contributed by atoms with Gasteiger partial charge in [-0.15, -0.1) is 0 Å². The summed E-state index contributed by atoms with van der Waals surface area (Å²) in [7, 11) is 2.02. The lowest BCUT2D eigenvalue weighted by atomic mass is 10.3. The van der Waals surface area contributed by atoms with E-state index in [1.807, 2.05) is 13.1 Å². The van der Waals surface area contributed by atoms with Crippen molar-refractivity contribution in [2.24, 2.45) is 0 Å². The summed E-state index contributed by atoms with van der Waals surface area (Å²) < 4.78 is 5.24. The zero-order valence-electron chi connectivity index (χ0n) is 6.33. The highest BCUT2D eigenvalue weighted by Crippen LogP contribution is 2.23. The number of hydrogen-bond acceptors (Lipinski definition) is 3. The van der Waals surface area contributed by atoms with E-state index in [1.165, 1.54) is 0 Å². The summed E-state index contributed by atoms with van der Waals surface area (Å²) >= 11 is 0. The molecule has 0 saturated heterocycles. The van der Waals surface area contributed by atoms with Gasteiger partial charge in [-0.2, -0.15) is 0 Å². The second kappa shape index (κ2) is 2.20. The average molecular weight is 151 g/mol. The predicted molar refractivity (Wildman–Crippen MR) is 39.3 cm³/mol. The van der Waals surface area contributed by atoms with Crippen LogP contribution in [0.2, 0.25) is 0 Å². The number of fused-ring (bicyclic) bond motifs is 1. The van der Waals surface area contributed by atoms with E-state index in [0.29, 0.717) is 5.76 Å². The second-order valence-electron chi connectivity index (χ2n) is 2.89. The van der Waals surface area contributed by atoms with Gasteiger partial charge in [0.1, 0.15) is 5.76 Å². The van der Waals surface area contributed by atoms with Crippen LogP contribution < -0.4 is 0 Å². The van der Waals surface area contributed by atoms with Crippen LogP contribution in [-0.4, -0.2) is 18.2 Å². The minimum absolute atomic E-state index is 0.447. The first-order valence-corrected chi connectivity index (χ1v) is 3.55. The molecule has 2 heterocycles. The van der Waals surface area contributed by atoms with Crippen molar-refractivity contribution in [3.8, 4) is 0 Å². The molecule has 0 aromatic carbocycles. The van der Waals surface area contributed by atoms with Gasteiger partial charge in [0.05, 0.1) is 6.54 Å². The van der Waals surface area contributed by atoms with Crippen LogP contribution in [0.25, 0.3) is 0 Å². The Labute approximate surface area is 64.6 Å². The molecule has 58 valence electrons. The predicted octanol–water partition coefficient (Wildman–Crippen LogP) is 1.04. The first kappa shape index (κ1) is 6.61. The number of aldehydes is 1. The number of furan rings is 1. The molecular formula is C8H9NO2. The van der Waals surface area contributed by atoms with Gasteiger partial charge in [-0.1, -0.05) is 0 Å². The van der Waals surface area contributed by atoms with Crippen molar-refractivity contribution in [3.63, 3.8) is 0 Å². The number of carbonyl (C=O) groups excluding carboxylic acids is 1. The number of hydrogen-bond donors (Lipinski definition) is 0. The molecule has 1 aromatic rings. The van der Waals surface area contributed by atoms with E-state index < -0.39 is 0 Å². The lowest BCUT2D eigenvalue weighted by molar-refractivity contribution is 0.109. The molecule has 1 aliphatic heterocycles. The minimum Gasteiger partial charge on any atom is -0.457 e. The van der Waals surface area contributed by atoms with Crippen LogP contribution in [0.4, 0.5) is 0 Å². The Morgan fingerprint density at radius 2 is 2.45 bits per heavy atom. The van der Waals surface area contributed by atoms with E-state index in [4.69, 9.17) is 4.42 Å². The van der Waals surface area contributed by atoms with Crippen LogP contribution in [0, 0.1) is 0 Å². The fraction of sp³-hybridized carbons (Fsp3) is 0.375. The largest absolute Gasteiger partial charge is 0.457 e. The molecule has 1 aromatic heterocycles. The van der Waals surface area contributed by atoms with Gasteiger partial charge < -0.3 is 4.42 Å². The third-order valence-electron chi connectivity index (χ3n) is 1.89. The summed E-state index contributed by atoms with van der Waals surface area (Å²) in [6.07, 6.45) is 0.748. The zero-order chi connectivity index (χ0) is 7.84. The Hall–Kier alpha value is -1.09. The van der Waals surface area contributed by atoms with E-state index >= 15 is 0 Å². The second-order valence-corrected chi connectivity index (χ2v) is 2.89. The quantitative estimate of drug-likeness (QED) is 0.562. The number of rotatable bonds is 1. The van der Waals surface area contributed by atoms with Gasteiger partial charge in [0.15, 0.2) is 12.0 Å². The molecule has 2 rings (SSSR count). The maximum Gasteiger partial charge on any atom is 0.185 e. The van der Waals surface area contributed by atoms with Crippen LogP contribution in [0.5, 0.6) is 0 Å². The molecule has 0 radical (unpaired) electrons. The van der Waals surface area contributed by atoms with E-state index in [-0.39, 0.29) is 0 Å². The monoisotopic (exact) mass is 151 g/mol. The molecule has 1 aliphatic rings. The molecule has 0 unspecified atom stereocenters. The van der Waals surface area contributed by atoms with Crippen molar-refractivity contribution in [2.45, 2.75) is 13.1 Å². The molecule has 0 spiro atoms. The van der Waals surface area contributed by atoms with E-state index in [0.717, 1.165) is 30.7 Å². The van der Waals surface area contributed by atoms with Gasteiger partial charge in [0, 0.05) is 12.1 Å². The molecule has 0 bridgehead atoms. The van der Waals surface area contributed by atoms with Gasteiger partial charge in [-0.25, -0.2) is 0 Å². The molecule has 0 N–H and O–H groups in total. The third-order valence-corrected chi connectivity index (χ3v) is 1.89. The maximum absolute atomic E-state index is 10.3. The Balaban J connectivity index is 2.36. The van der Waals surface area contributed by atoms with Crippen LogP contribution in [-0.2, 0) is 13.1 Å². The summed E-state index contributed by atoms with van der Waals surface area (Å²) in [5.41, 5.74) is 1.15. The van der Waals surface area contributed by atoms with Crippen molar-refractivity contribution in [2.75, 3.05) is 7.05 Å². The molecule has 0 fully saturated rings. The molecule has 3 heteroatoms. The van der Waals surface area contributed by atoms with Gasteiger partial charge in [-0.3, -0.25) is 9.69 Å². The van der Waals surface area contributed by atoms with Crippen molar-refractivity contribution in [1.82, 2.24) is 4.90 Å². The van der Waals surface area contributed by atoms with Gasteiger partial charge in [-0.05, 0) is 13.1 Å². The molecule has 0 saturated carbocycles. The van der Waals surface area contributed by atoms with Gasteiger partial charge in [0.25, 0.3) is 0 Å². The minimum atomic E-state index is 0.447. The van der Waals surface area contributed by atoms with Crippen LogP contribution in [0.1, 0.15) is 21.9 Å². The highest BCUT2D eigenvalue weighted by Gasteiger charge is 2.20. The summed E-state index contributed by atoms with van der Waals surface area (Å²) in [4.78, 5) is 12.4. The van der Waals surface area contributed by atoms with Crippen molar-refractivity contribution in [3.05, 3.63) is 23.2 Å². The summed E-state index contributed by atoms with van der Waals surface area (Å²) in [5.74, 6) is 1.39. The average Bonchev–Trinajstić information content (AvgIpc) is 2.43. The fourth-order valence-electron chi connectivity index (χ4n) is 1.41. The van der Waals surface area contributed by atoms with Crippen molar-refractivity contribution >= 4 is 6.29 Å². The summed E-state index contributed by atoms with van der Waals surface area (Å²) in [6.45, 7) is 1.72. The first-order chi connectivity index (χ1) is 5.29. The lowest BCUT2D eigenvalue weighted by Crippen LogP contribution is -2.08. The van der Waals surface area contributed by atoms with Crippen LogP contribution in [0.3, 0.4) is 0 Å². The van der Waals surface area contributed by atoms with Crippen molar-refractivity contribution in [1.29, 1.82) is 0 Å². The first-order valence-electron chi connectivity index (χ1n) is 3.55. The highest BCUT2D eigenvalue weighted by atomic mass is 16.3. The zero-order valence-corrected chi connectivity index (χ0v) is 6.33. The van der Waals surface area contributed by atoms with Gasteiger partial charge >= 0.3 is 0 Å². The van der Waals surface area contributed by atoms with Crippen molar-refractivity contribution < 1.29 is 9.21 Å². The Bertz CT molecular complexity index is 267. The summed E-state index contributed by atoms with van der Waals surface area (Å²) in [6, 6.07) is 1.81. The Morgan fingerprint density at radius 1 is 1.64 bits per heavy atom. The maximum atomic E-state index is 10.3. The molecule has 11 heavy (non-hydrogen) atoms. The van der Waals surface area contributed by atoms with E-state index in [2.05, 4.69) is 4.90 Å². The van der Waals surface area contributed by atoms with Crippen LogP contribution >= 0.6 is 0 Å². The standard InChI is InChI=1S/C8H9NO2/c1-9-3-6-2-7(5-10)11-8(6)4-9/h2,5H,3-4H2,1H3. The Morgan fingerprint density at radius 3 is 3.09 bits per heavy atom. The Kier molecular flexibility index (Phi) is 1.32. The van der Waals surface area contributed by atoms with E-state index in [1.54, 1.807) is 0 Å². The number of carbonyl (C=O) groups is 1. The topological polar surface area (TPSA) is 33.5 Å². The molecular weight excluding hydrogens is 142 g/mol. The lowest BCUT2D eigenvalue weighted by Gasteiger charge is -2.03. The fourth-order valence-corrected chi connectivity index (χ4v) is 1.41. The van der Waals surface area contributed by atoms with Gasteiger partial charge in [0.2, 0.25) is 0 Å². The normalized spacial score (nSPS) is 16.8. The van der Waals surface area contributed by atoms with E-state index in [9.17, 15) is 4.79 Å². The molecule has 3 nitrogen and oxygen atoms in total. The third kappa shape index (κ3) is 0.973. The highest BCUT2D eigenvalue weighted by molar-refractivity contribution is 5.71.